The maximum Gasteiger partial charge on any atom is 0.288 e. The molecule has 0 N–H and O–H groups in total. The lowest BCUT2D eigenvalue weighted by molar-refractivity contribution is -0.385. The van der Waals surface area contributed by atoms with E-state index in [1.54, 1.807) is 30.1 Å². The van der Waals surface area contributed by atoms with Gasteiger partial charge in [0.2, 0.25) is 0 Å². The van der Waals surface area contributed by atoms with E-state index in [0.717, 1.165) is 4.68 Å². The molecule has 1 aromatic heterocycles. The minimum Gasteiger partial charge on any atom is -0.283 e. The van der Waals surface area contributed by atoms with Crippen LogP contribution in [0, 0.1) is 10.1 Å². The molecule has 2 rings (SSSR count). The summed E-state index contributed by atoms with van der Waals surface area (Å²) in [5.74, 6) is 0. The Hall–Kier alpha value is -1.96. The molecule has 0 radical (unpaired) electrons. The smallest absolute Gasteiger partial charge is 0.283 e. The number of nitrogens with zero attached hydrogens (tertiary/aromatic N) is 4. The van der Waals surface area contributed by atoms with Crippen molar-refractivity contribution in [2.24, 2.45) is 0 Å². The number of nitro benzene ring substituents is 1. The highest BCUT2D eigenvalue weighted by molar-refractivity contribution is 6.41. The topological polar surface area (TPSA) is 81.3 Å². The van der Waals surface area contributed by atoms with Crippen molar-refractivity contribution in [3.63, 3.8) is 0 Å². The van der Waals surface area contributed by atoms with Crippen molar-refractivity contribution in [2.45, 2.75) is 13.2 Å². The molecule has 0 saturated heterocycles. The monoisotopic (exact) mass is 342 g/mol. The van der Waals surface area contributed by atoms with Crippen LogP contribution in [0.1, 0.15) is 5.56 Å². The van der Waals surface area contributed by atoms with Crippen molar-refractivity contribution in [1.82, 2.24) is 14.7 Å². The SMILES string of the molecule is CN(Cc1ccccc1[N+](=O)[O-])Cn1ncc(Cl)c(Cl)c1=O. The number of hydrogen-bond donors (Lipinski definition) is 0. The summed E-state index contributed by atoms with van der Waals surface area (Å²) in [4.78, 5) is 24.2. The Labute approximate surface area is 135 Å². The largest absolute Gasteiger partial charge is 0.288 e. The van der Waals surface area contributed by atoms with E-state index in [1.165, 1.54) is 12.3 Å². The van der Waals surface area contributed by atoms with Gasteiger partial charge in [-0.1, -0.05) is 41.4 Å². The molecule has 0 amide bonds. The third-order valence-corrected chi connectivity index (χ3v) is 3.69. The molecule has 0 fully saturated rings. The first-order valence-corrected chi connectivity index (χ1v) is 6.97. The normalized spacial score (nSPS) is 10.9. The Bertz CT molecular complexity index is 763. The zero-order valence-corrected chi connectivity index (χ0v) is 13.1. The van der Waals surface area contributed by atoms with Gasteiger partial charge in [0.25, 0.3) is 11.2 Å². The predicted octanol–water partition coefficient (Wildman–Crippen LogP) is 2.55. The highest BCUT2D eigenvalue weighted by atomic mass is 35.5. The summed E-state index contributed by atoms with van der Waals surface area (Å²) in [6.07, 6.45) is 1.28. The quantitative estimate of drug-likeness (QED) is 0.616. The van der Waals surface area contributed by atoms with Crippen LogP contribution in [0.4, 0.5) is 5.69 Å². The fourth-order valence-corrected chi connectivity index (χ4v) is 2.21. The fraction of sp³-hybridized carbons (Fsp3) is 0.231. The Balaban J connectivity index is 2.18. The van der Waals surface area contributed by atoms with Gasteiger partial charge in [0.15, 0.2) is 0 Å². The highest BCUT2D eigenvalue weighted by Gasteiger charge is 2.15. The number of halogens is 2. The zero-order chi connectivity index (χ0) is 16.3. The molecule has 0 saturated carbocycles. The highest BCUT2D eigenvalue weighted by Crippen LogP contribution is 2.19. The molecule has 0 aliphatic heterocycles. The van der Waals surface area contributed by atoms with Crippen LogP contribution in [0.2, 0.25) is 10.0 Å². The summed E-state index contributed by atoms with van der Waals surface area (Å²) in [6.45, 7) is 0.410. The van der Waals surface area contributed by atoms with Crippen molar-refractivity contribution in [2.75, 3.05) is 7.05 Å². The van der Waals surface area contributed by atoms with Gasteiger partial charge in [-0.15, -0.1) is 0 Å². The average Bonchev–Trinajstić information content (AvgIpc) is 2.48. The number of aromatic nitrogens is 2. The number of benzene rings is 1. The van der Waals surface area contributed by atoms with E-state index in [1.807, 2.05) is 0 Å². The maximum absolute atomic E-state index is 11.9. The zero-order valence-electron chi connectivity index (χ0n) is 11.6. The van der Waals surface area contributed by atoms with Gasteiger partial charge in [-0.25, -0.2) is 4.68 Å². The van der Waals surface area contributed by atoms with Crippen molar-refractivity contribution in [1.29, 1.82) is 0 Å². The summed E-state index contributed by atoms with van der Waals surface area (Å²) < 4.78 is 1.14. The molecular weight excluding hydrogens is 331 g/mol. The number of hydrogen-bond acceptors (Lipinski definition) is 5. The third-order valence-electron chi connectivity index (χ3n) is 2.95. The molecule has 0 bridgehead atoms. The summed E-state index contributed by atoms with van der Waals surface area (Å²) in [5, 5.41) is 14.9. The molecule has 22 heavy (non-hydrogen) atoms. The van der Waals surface area contributed by atoms with E-state index < -0.39 is 10.5 Å². The van der Waals surface area contributed by atoms with Crippen LogP contribution in [0.25, 0.3) is 0 Å². The first-order valence-electron chi connectivity index (χ1n) is 6.22. The van der Waals surface area contributed by atoms with Crippen LogP contribution in [0.15, 0.2) is 35.3 Å². The lowest BCUT2D eigenvalue weighted by Crippen LogP contribution is -2.31. The summed E-state index contributed by atoms with van der Waals surface area (Å²) >= 11 is 11.5. The van der Waals surface area contributed by atoms with Crippen LogP contribution in [-0.4, -0.2) is 26.7 Å². The Morgan fingerprint density at radius 2 is 2.05 bits per heavy atom. The molecule has 1 aromatic carbocycles. The Kier molecular flexibility index (Phi) is 5.12. The van der Waals surface area contributed by atoms with Crippen molar-refractivity contribution < 1.29 is 4.92 Å². The van der Waals surface area contributed by atoms with E-state index in [2.05, 4.69) is 5.10 Å². The van der Waals surface area contributed by atoms with Crippen molar-refractivity contribution in [3.8, 4) is 0 Å². The van der Waals surface area contributed by atoms with Gasteiger partial charge in [-0.05, 0) is 7.05 Å². The van der Waals surface area contributed by atoms with E-state index in [-0.39, 0.29) is 28.9 Å². The molecule has 0 aliphatic rings. The van der Waals surface area contributed by atoms with Crippen LogP contribution in [0.3, 0.4) is 0 Å². The van der Waals surface area contributed by atoms with Crippen LogP contribution in [0.5, 0.6) is 0 Å². The first-order chi connectivity index (χ1) is 10.4. The molecule has 0 atom stereocenters. The van der Waals surface area contributed by atoms with E-state index in [9.17, 15) is 14.9 Å². The lowest BCUT2D eigenvalue weighted by atomic mass is 10.2. The summed E-state index contributed by atoms with van der Waals surface area (Å²) in [5.41, 5.74) is 0.0653. The second kappa shape index (κ2) is 6.87. The van der Waals surface area contributed by atoms with Crippen molar-refractivity contribution >= 4 is 28.9 Å². The van der Waals surface area contributed by atoms with Gasteiger partial charge in [0, 0.05) is 18.2 Å². The maximum atomic E-state index is 11.9. The van der Waals surface area contributed by atoms with Gasteiger partial charge < -0.3 is 0 Å². The van der Waals surface area contributed by atoms with Gasteiger partial charge in [0.1, 0.15) is 5.02 Å². The van der Waals surface area contributed by atoms with Crippen molar-refractivity contribution in [3.05, 3.63) is 66.5 Å². The van der Waals surface area contributed by atoms with Crippen LogP contribution >= 0.6 is 23.2 Å². The summed E-state index contributed by atoms with van der Waals surface area (Å²) in [7, 11) is 1.72. The number of nitro groups is 1. The molecule has 0 aliphatic carbocycles. The molecule has 0 spiro atoms. The molecule has 116 valence electrons. The first kappa shape index (κ1) is 16.4. The van der Waals surface area contributed by atoms with Gasteiger partial charge in [-0.3, -0.25) is 19.8 Å². The van der Waals surface area contributed by atoms with Crippen LogP contribution in [-0.2, 0) is 13.2 Å². The Morgan fingerprint density at radius 1 is 1.36 bits per heavy atom. The average molecular weight is 343 g/mol. The lowest BCUT2D eigenvalue weighted by Gasteiger charge is -2.17. The number of rotatable bonds is 5. The van der Waals surface area contributed by atoms with Gasteiger partial charge in [0.05, 0.1) is 22.8 Å². The molecule has 7 nitrogen and oxygen atoms in total. The fourth-order valence-electron chi connectivity index (χ4n) is 1.94. The van der Waals surface area contributed by atoms with E-state index >= 15 is 0 Å². The minimum atomic E-state index is -0.511. The van der Waals surface area contributed by atoms with Gasteiger partial charge in [-0.2, -0.15) is 5.10 Å². The molecule has 1 heterocycles. The standard InChI is InChI=1S/C13H12Cl2N4O3/c1-17(7-9-4-2-3-5-11(9)19(21)22)8-18-13(20)12(15)10(14)6-16-18/h2-6H,7-8H2,1H3. The third kappa shape index (κ3) is 3.62. The predicted molar refractivity (Wildman–Crippen MR) is 83.1 cm³/mol. The molecule has 2 aromatic rings. The van der Waals surface area contributed by atoms with E-state index in [4.69, 9.17) is 23.2 Å². The molecule has 0 unspecified atom stereocenters. The second-order valence-corrected chi connectivity index (χ2v) is 5.44. The second-order valence-electron chi connectivity index (χ2n) is 4.65. The van der Waals surface area contributed by atoms with E-state index in [0.29, 0.717) is 5.56 Å². The minimum absolute atomic E-state index is 0.0313. The molecular formula is C13H12Cl2N4O3. The van der Waals surface area contributed by atoms with Gasteiger partial charge >= 0.3 is 0 Å². The van der Waals surface area contributed by atoms with Crippen LogP contribution < -0.4 is 5.56 Å². The Morgan fingerprint density at radius 3 is 2.73 bits per heavy atom. The number of para-hydroxylation sites is 1. The molecule has 9 heteroatoms. The summed E-state index contributed by atoms with van der Waals surface area (Å²) in [6, 6.07) is 6.43.